The first-order valence-electron chi connectivity index (χ1n) is 7.77. The predicted molar refractivity (Wildman–Crippen MR) is 89.1 cm³/mol. The van der Waals surface area contributed by atoms with Gasteiger partial charge in [-0.15, -0.1) is 0 Å². The van der Waals surface area contributed by atoms with Crippen LogP contribution in [0.5, 0.6) is 11.5 Å². The number of hydrogen-bond acceptors (Lipinski definition) is 3. The van der Waals surface area contributed by atoms with E-state index in [1.807, 2.05) is 55.5 Å². The molecule has 0 unspecified atom stereocenters. The number of carbonyl (C=O) groups excluding carboxylic acids is 1. The van der Waals surface area contributed by atoms with E-state index >= 15 is 0 Å². The molecule has 0 aromatic heterocycles. The van der Waals surface area contributed by atoms with Gasteiger partial charge in [0.2, 0.25) is 6.79 Å². The number of ether oxygens (including phenoxy) is 2. The average molecular weight is 312 g/mol. The molecule has 3 rings (SSSR count). The Labute approximate surface area is 135 Å². The van der Waals surface area contributed by atoms with Gasteiger partial charge in [0.05, 0.1) is 0 Å². The molecule has 0 saturated carbocycles. The highest BCUT2D eigenvalue weighted by atomic mass is 16.7. The zero-order valence-electron chi connectivity index (χ0n) is 13.1. The van der Waals surface area contributed by atoms with Crippen molar-refractivity contribution in [2.75, 3.05) is 24.8 Å². The molecule has 1 aliphatic heterocycles. The molecule has 23 heavy (non-hydrogen) atoms. The SMILES string of the molecule is CCN(C(=O)NCCc1ccc2c(c1)OCO2)c1ccccc1. The zero-order chi connectivity index (χ0) is 16.1. The van der Waals surface area contributed by atoms with Crippen LogP contribution in [0.4, 0.5) is 10.5 Å². The first-order valence-corrected chi connectivity index (χ1v) is 7.77. The number of urea groups is 1. The summed E-state index contributed by atoms with van der Waals surface area (Å²) in [5.74, 6) is 1.55. The highest BCUT2D eigenvalue weighted by molar-refractivity contribution is 5.91. The van der Waals surface area contributed by atoms with Crippen molar-refractivity contribution in [3.05, 3.63) is 54.1 Å². The third-order valence-electron chi connectivity index (χ3n) is 3.76. The number of fused-ring (bicyclic) bond motifs is 1. The van der Waals surface area contributed by atoms with Crippen LogP contribution in [0.1, 0.15) is 12.5 Å². The van der Waals surface area contributed by atoms with E-state index in [4.69, 9.17) is 9.47 Å². The van der Waals surface area contributed by atoms with Gasteiger partial charge in [-0.05, 0) is 43.2 Å². The Bertz CT molecular complexity index is 673. The minimum Gasteiger partial charge on any atom is -0.454 e. The highest BCUT2D eigenvalue weighted by Gasteiger charge is 2.14. The van der Waals surface area contributed by atoms with Crippen LogP contribution < -0.4 is 19.7 Å². The molecule has 1 heterocycles. The van der Waals surface area contributed by atoms with Crippen molar-refractivity contribution in [3.8, 4) is 11.5 Å². The van der Waals surface area contributed by atoms with Crippen molar-refractivity contribution in [1.29, 1.82) is 0 Å². The number of rotatable bonds is 5. The Hall–Kier alpha value is -2.69. The molecule has 1 aliphatic rings. The van der Waals surface area contributed by atoms with Gasteiger partial charge in [0, 0.05) is 18.8 Å². The predicted octanol–water partition coefficient (Wildman–Crippen LogP) is 3.19. The van der Waals surface area contributed by atoms with Crippen LogP contribution in [0.3, 0.4) is 0 Å². The van der Waals surface area contributed by atoms with Gasteiger partial charge < -0.3 is 14.8 Å². The zero-order valence-corrected chi connectivity index (χ0v) is 13.1. The van der Waals surface area contributed by atoms with Gasteiger partial charge in [-0.1, -0.05) is 24.3 Å². The van der Waals surface area contributed by atoms with Gasteiger partial charge in [0.25, 0.3) is 0 Å². The van der Waals surface area contributed by atoms with Gasteiger partial charge in [-0.25, -0.2) is 4.79 Å². The van der Waals surface area contributed by atoms with Gasteiger partial charge in [-0.2, -0.15) is 0 Å². The Balaban J connectivity index is 1.54. The van der Waals surface area contributed by atoms with Crippen LogP contribution in [0, 0.1) is 0 Å². The Morgan fingerprint density at radius 2 is 1.91 bits per heavy atom. The standard InChI is InChI=1S/C18H20N2O3/c1-2-20(15-6-4-3-5-7-15)18(21)19-11-10-14-8-9-16-17(12-14)23-13-22-16/h3-9,12H,2,10-11,13H2,1H3,(H,19,21). The lowest BCUT2D eigenvalue weighted by atomic mass is 10.1. The summed E-state index contributed by atoms with van der Waals surface area (Å²) in [6.07, 6.45) is 0.745. The summed E-state index contributed by atoms with van der Waals surface area (Å²) in [4.78, 5) is 14.0. The summed E-state index contributed by atoms with van der Waals surface area (Å²) in [5, 5.41) is 2.96. The van der Waals surface area contributed by atoms with Crippen molar-refractivity contribution in [2.45, 2.75) is 13.3 Å². The summed E-state index contributed by atoms with van der Waals surface area (Å²) in [6, 6.07) is 15.4. The number of anilines is 1. The lowest BCUT2D eigenvalue weighted by Gasteiger charge is -2.21. The summed E-state index contributed by atoms with van der Waals surface area (Å²) in [7, 11) is 0. The minimum atomic E-state index is -0.0838. The van der Waals surface area contributed by atoms with E-state index in [2.05, 4.69) is 5.32 Å². The fourth-order valence-corrected chi connectivity index (χ4v) is 2.56. The minimum absolute atomic E-state index is 0.0838. The van der Waals surface area contributed by atoms with E-state index in [9.17, 15) is 4.79 Å². The van der Waals surface area contributed by atoms with Crippen molar-refractivity contribution in [2.24, 2.45) is 0 Å². The summed E-state index contributed by atoms with van der Waals surface area (Å²) in [6.45, 7) is 3.43. The lowest BCUT2D eigenvalue weighted by molar-refractivity contribution is 0.174. The number of para-hydroxylation sites is 1. The van der Waals surface area contributed by atoms with E-state index in [1.165, 1.54) is 0 Å². The molecule has 5 heteroatoms. The molecule has 120 valence electrons. The van der Waals surface area contributed by atoms with E-state index in [1.54, 1.807) is 4.90 Å². The van der Waals surface area contributed by atoms with Crippen molar-refractivity contribution in [1.82, 2.24) is 5.32 Å². The number of benzene rings is 2. The number of nitrogens with one attached hydrogen (secondary N) is 1. The molecule has 2 aromatic rings. The number of carbonyl (C=O) groups is 1. The second kappa shape index (κ2) is 7.05. The Morgan fingerprint density at radius 3 is 2.70 bits per heavy atom. The van der Waals surface area contributed by atoms with Crippen molar-refractivity contribution < 1.29 is 14.3 Å². The number of amides is 2. The van der Waals surface area contributed by atoms with Gasteiger partial charge in [0.1, 0.15) is 0 Å². The Kier molecular flexibility index (Phi) is 4.66. The fourth-order valence-electron chi connectivity index (χ4n) is 2.56. The van der Waals surface area contributed by atoms with E-state index in [-0.39, 0.29) is 12.8 Å². The molecule has 0 fully saturated rings. The largest absolute Gasteiger partial charge is 0.454 e. The molecular weight excluding hydrogens is 292 g/mol. The van der Waals surface area contributed by atoms with Crippen LogP contribution in [0.15, 0.2) is 48.5 Å². The third-order valence-corrected chi connectivity index (χ3v) is 3.76. The summed E-state index contributed by atoms with van der Waals surface area (Å²) in [5.41, 5.74) is 2.01. The molecule has 0 aliphatic carbocycles. The topological polar surface area (TPSA) is 50.8 Å². The maximum Gasteiger partial charge on any atom is 0.321 e. The highest BCUT2D eigenvalue weighted by Crippen LogP contribution is 2.32. The molecule has 5 nitrogen and oxygen atoms in total. The van der Waals surface area contributed by atoms with Gasteiger partial charge in [0.15, 0.2) is 11.5 Å². The fraction of sp³-hybridized carbons (Fsp3) is 0.278. The van der Waals surface area contributed by atoms with E-state index in [0.717, 1.165) is 29.2 Å². The first kappa shape index (κ1) is 15.2. The quantitative estimate of drug-likeness (QED) is 0.922. The molecule has 0 spiro atoms. The van der Waals surface area contributed by atoms with Crippen molar-refractivity contribution in [3.63, 3.8) is 0 Å². The number of nitrogens with zero attached hydrogens (tertiary/aromatic N) is 1. The van der Waals surface area contributed by atoms with Crippen LogP contribution >= 0.6 is 0 Å². The van der Waals surface area contributed by atoms with Gasteiger partial charge >= 0.3 is 6.03 Å². The number of hydrogen-bond donors (Lipinski definition) is 1. The maximum absolute atomic E-state index is 12.3. The lowest BCUT2D eigenvalue weighted by Crippen LogP contribution is -2.40. The Morgan fingerprint density at radius 1 is 1.13 bits per heavy atom. The van der Waals surface area contributed by atoms with E-state index in [0.29, 0.717) is 13.1 Å². The van der Waals surface area contributed by atoms with Crippen LogP contribution in [0.2, 0.25) is 0 Å². The second-order valence-electron chi connectivity index (χ2n) is 5.25. The van der Waals surface area contributed by atoms with Crippen LogP contribution in [-0.2, 0) is 6.42 Å². The van der Waals surface area contributed by atoms with Gasteiger partial charge in [-0.3, -0.25) is 4.90 Å². The molecule has 2 amide bonds. The second-order valence-corrected chi connectivity index (χ2v) is 5.25. The van der Waals surface area contributed by atoms with Crippen molar-refractivity contribution >= 4 is 11.7 Å². The molecule has 0 radical (unpaired) electrons. The summed E-state index contributed by atoms with van der Waals surface area (Å²) < 4.78 is 10.7. The van der Waals surface area contributed by atoms with Crippen LogP contribution in [-0.4, -0.2) is 25.9 Å². The molecule has 2 aromatic carbocycles. The molecular formula is C18H20N2O3. The molecule has 1 N–H and O–H groups in total. The van der Waals surface area contributed by atoms with Crippen LogP contribution in [0.25, 0.3) is 0 Å². The molecule has 0 atom stereocenters. The third kappa shape index (κ3) is 3.56. The molecule has 0 bridgehead atoms. The maximum atomic E-state index is 12.3. The molecule has 0 saturated heterocycles. The van der Waals surface area contributed by atoms with E-state index < -0.39 is 0 Å². The average Bonchev–Trinajstić information content (AvgIpc) is 3.04. The normalized spacial score (nSPS) is 12.0. The smallest absolute Gasteiger partial charge is 0.321 e. The monoisotopic (exact) mass is 312 g/mol. The summed E-state index contributed by atoms with van der Waals surface area (Å²) >= 11 is 0. The first-order chi connectivity index (χ1) is 11.3.